The van der Waals surface area contributed by atoms with E-state index in [0.717, 1.165) is 0 Å². The Morgan fingerprint density at radius 1 is 1.88 bits per heavy atom. The summed E-state index contributed by atoms with van der Waals surface area (Å²) in [6.45, 7) is 0. The number of thiol groups is 2. The van der Waals surface area contributed by atoms with Crippen LogP contribution >= 0.6 is 25.3 Å². The van der Waals surface area contributed by atoms with E-state index < -0.39 is 10.8 Å². The van der Waals surface area contributed by atoms with E-state index >= 15 is 0 Å². The van der Waals surface area contributed by atoms with Crippen molar-refractivity contribution in [2.24, 2.45) is 5.73 Å². The zero-order valence-corrected chi connectivity index (χ0v) is 5.82. The molecule has 0 aliphatic heterocycles. The van der Waals surface area contributed by atoms with E-state index in [4.69, 9.17) is 10.8 Å². The van der Waals surface area contributed by atoms with E-state index in [9.17, 15) is 4.79 Å². The first-order chi connectivity index (χ1) is 3.50. The monoisotopic (exact) mass is 153 g/mol. The molecular formula is C3H7NO2S2. The second-order valence-electron chi connectivity index (χ2n) is 1.39. The van der Waals surface area contributed by atoms with Crippen LogP contribution in [-0.2, 0) is 4.79 Å². The first-order valence-corrected chi connectivity index (χ1v) is 2.94. The average Bonchev–Trinajstić information content (AvgIpc) is 1.67. The molecule has 0 fully saturated rings. The summed E-state index contributed by atoms with van der Waals surface area (Å²) >= 11 is 7.24. The van der Waals surface area contributed by atoms with Gasteiger partial charge in [0.25, 0.3) is 0 Å². The molecule has 1 atom stereocenters. The lowest BCUT2D eigenvalue weighted by molar-refractivity contribution is -0.139. The lowest BCUT2D eigenvalue weighted by Gasteiger charge is -2.13. The Bertz CT molecular complexity index is 103. The number of hydrogen-bond donors (Lipinski definition) is 4. The summed E-state index contributed by atoms with van der Waals surface area (Å²) in [5.74, 6) is -1.14. The molecule has 5 heteroatoms. The van der Waals surface area contributed by atoms with E-state index in [-0.39, 0.29) is 5.75 Å². The zero-order valence-electron chi connectivity index (χ0n) is 4.03. The fraction of sp³-hybridized carbons (Fsp3) is 0.667. The lowest BCUT2D eigenvalue weighted by atomic mass is 10.4. The summed E-state index contributed by atoms with van der Waals surface area (Å²) in [6.07, 6.45) is 0. The van der Waals surface area contributed by atoms with E-state index in [1.807, 2.05) is 0 Å². The Morgan fingerprint density at radius 3 is 2.25 bits per heavy atom. The quantitative estimate of drug-likeness (QED) is 0.322. The predicted molar refractivity (Wildman–Crippen MR) is 37.4 cm³/mol. The van der Waals surface area contributed by atoms with Gasteiger partial charge in [-0.25, -0.2) is 4.79 Å². The summed E-state index contributed by atoms with van der Waals surface area (Å²) in [7, 11) is 0. The van der Waals surface area contributed by atoms with Gasteiger partial charge in [-0.05, 0) is 0 Å². The second-order valence-corrected chi connectivity index (χ2v) is 2.50. The van der Waals surface area contributed by atoms with Crippen molar-refractivity contribution in [2.75, 3.05) is 5.75 Å². The van der Waals surface area contributed by atoms with Crippen LogP contribution in [0.25, 0.3) is 0 Å². The van der Waals surface area contributed by atoms with Gasteiger partial charge in [-0.15, -0.1) is 12.6 Å². The molecule has 0 bridgehead atoms. The van der Waals surface area contributed by atoms with E-state index in [2.05, 4.69) is 25.3 Å². The van der Waals surface area contributed by atoms with Crippen molar-refractivity contribution in [1.82, 2.24) is 0 Å². The Morgan fingerprint density at radius 2 is 2.25 bits per heavy atom. The largest absolute Gasteiger partial charge is 0.479 e. The van der Waals surface area contributed by atoms with Crippen LogP contribution in [0.15, 0.2) is 0 Å². The van der Waals surface area contributed by atoms with Crippen LogP contribution in [0.4, 0.5) is 0 Å². The molecule has 0 amide bonds. The maximum Gasteiger partial charge on any atom is 0.334 e. The molecule has 3 N–H and O–H groups in total. The number of aliphatic carboxylic acids is 1. The van der Waals surface area contributed by atoms with Crippen molar-refractivity contribution in [3.05, 3.63) is 0 Å². The van der Waals surface area contributed by atoms with Gasteiger partial charge in [0, 0.05) is 5.75 Å². The number of rotatable bonds is 2. The van der Waals surface area contributed by atoms with E-state index in [1.165, 1.54) is 0 Å². The molecule has 0 aliphatic carbocycles. The summed E-state index contributed by atoms with van der Waals surface area (Å²) in [4.78, 5) is 8.52. The fourth-order valence-corrected chi connectivity index (χ4v) is 0.203. The molecule has 0 aromatic heterocycles. The smallest absolute Gasteiger partial charge is 0.334 e. The predicted octanol–water partition coefficient (Wildman–Crippen LogP) is -0.414. The average molecular weight is 153 g/mol. The van der Waals surface area contributed by atoms with Gasteiger partial charge in [-0.3, -0.25) is 0 Å². The van der Waals surface area contributed by atoms with Gasteiger partial charge in [0.1, 0.15) is 0 Å². The third-order valence-corrected chi connectivity index (χ3v) is 1.71. The first-order valence-electron chi connectivity index (χ1n) is 1.86. The van der Waals surface area contributed by atoms with Crippen molar-refractivity contribution in [3.63, 3.8) is 0 Å². The third kappa shape index (κ3) is 1.94. The molecule has 0 saturated carbocycles. The van der Waals surface area contributed by atoms with Crippen LogP contribution in [-0.4, -0.2) is 21.7 Å². The SMILES string of the molecule is N[C@@](S)(CS)C(=O)O. The molecule has 0 aromatic carbocycles. The van der Waals surface area contributed by atoms with Crippen LogP contribution in [0.3, 0.4) is 0 Å². The number of nitrogens with two attached hydrogens (primary N) is 1. The molecule has 8 heavy (non-hydrogen) atoms. The molecule has 0 aliphatic rings. The molecule has 0 unspecified atom stereocenters. The summed E-state index contributed by atoms with van der Waals surface area (Å²) in [5.41, 5.74) is 5.05. The van der Waals surface area contributed by atoms with Gasteiger partial charge in [0.05, 0.1) is 0 Å². The molecule has 0 radical (unpaired) electrons. The first kappa shape index (κ1) is 8.13. The highest BCUT2D eigenvalue weighted by Crippen LogP contribution is 2.06. The Kier molecular flexibility index (Phi) is 2.65. The van der Waals surface area contributed by atoms with Gasteiger partial charge in [0.2, 0.25) is 0 Å². The Balaban J connectivity index is 3.91. The van der Waals surface area contributed by atoms with Gasteiger partial charge in [0.15, 0.2) is 4.87 Å². The minimum atomic E-state index is -1.48. The molecule has 0 spiro atoms. The summed E-state index contributed by atoms with van der Waals surface area (Å²) in [6, 6.07) is 0. The van der Waals surface area contributed by atoms with Crippen molar-refractivity contribution in [2.45, 2.75) is 4.87 Å². The van der Waals surface area contributed by atoms with Crippen LogP contribution in [0.1, 0.15) is 0 Å². The van der Waals surface area contributed by atoms with Gasteiger partial charge < -0.3 is 10.8 Å². The number of carboxylic acid groups (broad SMARTS) is 1. The second kappa shape index (κ2) is 2.61. The standard InChI is InChI=1S/C3H7NO2S2/c4-3(8,1-7)2(5)6/h7-8H,1,4H2,(H,5,6)/t3-/m1/s1. The highest BCUT2D eigenvalue weighted by Gasteiger charge is 2.26. The zero-order chi connectivity index (χ0) is 6.78. The molecule has 48 valence electrons. The molecule has 3 nitrogen and oxygen atoms in total. The number of hydrogen-bond acceptors (Lipinski definition) is 4. The molecule has 0 heterocycles. The molecule has 0 rings (SSSR count). The number of carbonyl (C=O) groups is 1. The van der Waals surface area contributed by atoms with E-state index in [1.54, 1.807) is 0 Å². The Labute approximate surface area is 58.1 Å². The van der Waals surface area contributed by atoms with Crippen molar-refractivity contribution in [1.29, 1.82) is 0 Å². The normalized spacial score (nSPS) is 17.4. The molecule has 0 aromatic rings. The lowest BCUT2D eigenvalue weighted by Crippen LogP contribution is -2.44. The maximum absolute atomic E-state index is 10.0. The van der Waals surface area contributed by atoms with Gasteiger partial charge >= 0.3 is 5.97 Å². The topological polar surface area (TPSA) is 63.3 Å². The van der Waals surface area contributed by atoms with Crippen LogP contribution in [0.2, 0.25) is 0 Å². The molecule has 0 saturated heterocycles. The van der Waals surface area contributed by atoms with Crippen LogP contribution in [0, 0.1) is 0 Å². The van der Waals surface area contributed by atoms with Crippen molar-refractivity contribution in [3.8, 4) is 0 Å². The van der Waals surface area contributed by atoms with Crippen LogP contribution in [0.5, 0.6) is 0 Å². The fourth-order valence-electron chi connectivity index (χ4n) is 0.0676. The minimum absolute atomic E-state index is 0.0193. The highest BCUT2D eigenvalue weighted by atomic mass is 32.1. The van der Waals surface area contributed by atoms with Gasteiger partial charge in [-0.1, -0.05) is 0 Å². The summed E-state index contributed by atoms with van der Waals surface area (Å²) < 4.78 is 0. The van der Waals surface area contributed by atoms with Crippen LogP contribution < -0.4 is 5.73 Å². The highest BCUT2D eigenvalue weighted by molar-refractivity contribution is 7.86. The van der Waals surface area contributed by atoms with Crippen molar-refractivity contribution >= 4 is 31.2 Å². The number of carboxylic acids is 1. The minimum Gasteiger partial charge on any atom is -0.479 e. The molecular weight excluding hydrogens is 146 g/mol. The maximum atomic E-state index is 10.0. The summed E-state index contributed by atoms with van der Waals surface area (Å²) in [5, 5.41) is 8.19. The van der Waals surface area contributed by atoms with E-state index in [0.29, 0.717) is 0 Å². The van der Waals surface area contributed by atoms with Gasteiger partial charge in [-0.2, -0.15) is 12.6 Å². The Hall–Kier alpha value is 0.130. The third-order valence-electron chi connectivity index (χ3n) is 0.611. The van der Waals surface area contributed by atoms with Crippen molar-refractivity contribution < 1.29 is 9.90 Å².